The van der Waals surface area contributed by atoms with Crippen molar-refractivity contribution in [3.8, 4) is 0 Å². The van der Waals surface area contributed by atoms with E-state index in [-0.39, 0.29) is 6.17 Å². The molecule has 0 aromatic carbocycles. The van der Waals surface area contributed by atoms with Crippen molar-refractivity contribution in [3.63, 3.8) is 0 Å². The van der Waals surface area contributed by atoms with Gasteiger partial charge in [-0.25, -0.2) is 0 Å². The van der Waals surface area contributed by atoms with Crippen LogP contribution >= 0.6 is 0 Å². The molecule has 44 heavy (non-hydrogen) atoms. The average molecular weight is 621 g/mol. The van der Waals surface area contributed by atoms with Gasteiger partial charge in [0.05, 0.1) is 6.17 Å². The van der Waals surface area contributed by atoms with Crippen LogP contribution in [0.1, 0.15) is 258 Å². The largest absolute Gasteiger partial charge is 0.316 e. The molecule has 1 atom stereocenters. The Labute approximate surface area is 280 Å². The van der Waals surface area contributed by atoms with E-state index in [4.69, 9.17) is 11.5 Å². The molecule has 0 saturated heterocycles. The molecule has 0 amide bonds. The van der Waals surface area contributed by atoms with Gasteiger partial charge in [-0.15, -0.1) is 0 Å². The van der Waals surface area contributed by atoms with E-state index in [1.165, 1.54) is 244 Å². The van der Waals surface area contributed by atoms with E-state index >= 15 is 0 Å². The molecule has 0 spiro atoms. The van der Waals surface area contributed by atoms with E-state index in [0.717, 1.165) is 0 Å². The highest BCUT2D eigenvalue weighted by Gasteiger charge is 2.13. The van der Waals surface area contributed by atoms with Gasteiger partial charge in [0, 0.05) is 0 Å². The number of rotatable bonds is 39. The molecule has 0 saturated carbocycles. The summed E-state index contributed by atoms with van der Waals surface area (Å²) < 4.78 is 0. The molecule has 0 aliphatic rings. The highest BCUT2D eigenvalue weighted by molar-refractivity contribution is 4.68. The lowest BCUT2D eigenvalue weighted by Gasteiger charge is -2.20. The molecule has 2 heteroatoms. The number of nitrogens with two attached hydrogens (primary N) is 2. The molecular weight excluding hydrogens is 532 g/mol. The van der Waals surface area contributed by atoms with E-state index in [1.54, 1.807) is 0 Å². The minimum Gasteiger partial charge on any atom is -0.316 e. The second-order valence-corrected chi connectivity index (χ2v) is 14.9. The van der Waals surface area contributed by atoms with Crippen molar-refractivity contribution in [2.45, 2.75) is 264 Å². The van der Waals surface area contributed by atoms with Gasteiger partial charge in [-0.1, -0.05) is 245 Å². The van der Waals surface area contributed by atoms with E-state index < -0.39 is 0 Å². The summed E-state index contributed by atoms with van der Waals surface area (Å²) in [5, 5.41) is 0. The number of hydrogen-bond acceptors (Lipinski definition) is 2. The van der Waals surface area contributed by atoms with Crippen LogP contribution in [-0.2, 0) is 0 Å². The van der Waals surface area contributed by atoms with Crippen LogP contribution in [0.25, 0.3) is 0 Å². The summed E-state index contributed by atoms with van der Waals surface area (Å²) in [4.78, 5) is 0. The number of hydrogen-bond donors (Lipinski definition) is 2. The van der Waals surface area contributed by atoms with Crippen molar-refractivity contribution in [1.82, 2.24) is 0 Å². The normalized spacial score (nSPS) is 12.5. The Kier molecular flexibility index (Phi) is 39.0. The van der Waals surface area contributed by atoms with Gasteiger partial charge in [-0.3, -0.25) is 0 Å². The van der Waals surface area contributed by atoms with Crippen molar-refractivity contribution in [2.24, 2.45) is 17.4 Å². The predicted molar refractivity (Wildman–Crippen MR) is 202 cm³/mol. The third kappa shape index (κ3) is 36.4. The molecular formula is C42H88N2. The predicted octanol–water partition coefficient (Wildman–Crippen LogP) is 14.7. The van der Waals surface area contributed by atoms with Crippen molar-refractivity contribution >= 4 is 0 Å². The quantitative estimate of drug-likeness (QED) is 0.0530. The molecule has 4 N–H and O–H groups in total. The minimum absolute atomic E-state index is 0.119. The lowest BCUT2D eigenvalue weighted by Crippen LogP contribution is -2.38. The maximum Gasteiger partial charge on any atom is 0.0549 e. The number of unbranched alkanes of at least 4 members (excludes halogenated alkanes) is 34. The van der Waals surface area contributed by atoms with E-state index in [1.807, 2.05) is 0 Å². The van der Waals surface area contributed by atoms with Crippen LogP contribution in [0.5, 0.6) is 0 Å². The molecule has 0 radical (unpaired) electrons. The second kappa shape index (κ2) is 39.1. The van der Waals surface area contributed by atoms with Gasteiger partial charge in [0.1, 0.15) is 0 Å². The van der Waals surface area contributed by atoms with E-state index in [9.17, 15) is 0 Å². The smallest absolute Gasteiger partial charge is 0.0549 e. The van der Waals surface area contributed by atoms with Crippen LogP contribution in [0.2, 0.25) is 0 Å². The van der Waals surface area contributed by atoms with Crippen molar-refractivity contribution in [1.29, 1.82) is 0 Å². The summed E-state index contributed by atoms with van der Waals surface area (Å²) in [6.07, 6.45) is 54.2. The van der Waals surface area contributed by atoms with Crippen LogP contribution in [0, 0.1) is 5.92 Å². The first-order valence-electron chi connectivity index (χ1n) is 21.2. The van der Waals surface area contributed by atoms with Crippen molar-refractivity contribution in [2.75, 3.05) is 0 Å². The summed E-state index contributed by atoms with van der Waals surface area (Å²) in [5.41, 5.74) is 12.3. The monoisotopic (exact) mass is 621 g/mol. The summed E-state index contributed by atoms with van der Waals surface area (Å²) in [7, 11) is 0. The van der Waals surface area contributed by atoms with Gasteiger partial charge in [0.15, 0.2) is 0 Å². The third-order valence-electron chi connectivity index (χ3n) is 10.4. The highest BCUT2D eigenvalue weighted by Crippen LogP contribution is 2.21. The van der Waals surface area contributed by atoms with Crippen LogP contribution < -0.4 is 11.5 Å². The Hall–Kier alpha value is -0.0800. The van der Waals surface area contributed by atoms with Gasteiger partial charge in [0.25, 0.3) is 0 Å². The van der Waals surface area contributed by atoms with Crippen LogP contribution in [0.15, 0.2) is 0 Å². The molecule has 0 aliphatic heterocycles. The molecule has 0 heterocycles. The Bertz CT molecular complexity index is 490. The Balaban J connectivity index is 3.34. The lowest BCUT2D eigenvalue weighted by atomic mass is 9.92. The summed E-state index contributed by atoms with van der Waals surface area (Å²) >= 11 is 0. The fourth-order valence-corrected chi connectivity index (χ4v) is 7.15. The van der Waals surface area contributed by atoms with Gasteiger partial charge >= 0.3 is 0 Å². The third-order valence-corrected chi connectivity index (χ3v) is 10.4. The molecule has 0 aromatic rings. The zero-order valence-corrected chi connectivity index (χ0v) is 31.2. The standard InChI is InChI=1S/C42H88N2/c1-3-5-7-9-11-13-15-17-19-21-22-23-24-26-28-30-32-34-36-38-40-41(42(43)44)39-37-35-33-31-29-27-25-20-18-16-14-12-10-8-6-4-2/h41-42H,3-40,43-44H2,1-2H3. The molecule has 0 rings (SSSR count). The Morgan fingerprint density at radius 2 is 0.409 bits per heavy atom. The van der Waals surface area contributed by atoms with Gasteiger partial charge in [-0.2, -0.15) is 0 Å². The van der Waals surface area contributed by atoms with E-state index in [2.05, 4.69) is 13.8 Å². The molecule has 0 bridgehead atoms. The summed E-state index contributed by atoms with van der Waals surface area (Å²) in [6.45, 7) is 4.61. The molecule has 0 fully saturated rings. The van der Waals surface area contributed by atoms with Crippen LogP contribution in [-0.4, -0.2) is 6.17 Å². The second-order valence-electron chi connectivity index (χ2n) is 14.9. The molecule has 266 valence electrons. The SMILES string of the molecule is CCCCCCCCCCCCCCCCCCCCCCC(CCCCCCCCCCCCCCCCCC)C(N)N. The molecule has 2 nitrogen and oxygen atoms in total. The molecule has 0 aliphatic carbocycles. The van der Waals surface area contributed by atoms with Gasteiger partial charge in [0.2, 0.25) is 0 Å². The topological polar surface area (TPSA) is 52.0 Å². The zero-order chi connectivity index (χ0) is 32.0. The fourth-order valence-electron chi connectivity index (χ4n) is 7.15. The molecule has 1 unspecified atom stereocenters. The van der Waals surface area contributed by atoms with Crippen LogP contribution in [0.4, 0.5) is 0 Å². The molecule has 0 aromatic heterocycles. The minimum atomic E-state index is -0.119. The van der Waals surface area contributed by atoms with Crippen molar-refractivity contribution < 1.29 is 0 Å². The average Bonchev–Trinajstić information content (AvgIpc) is 3.02. The first-order chi connectivity index (χ1) is 21.7. The first kappa shape index (κ1) is 43.9. The van der Waals surface area contributed by atoms with Crippen LogP contribution in [0.3, 0.4) is 0 Å². The maximum atomic E-state index is 6.17. The summed E-state index contributed by atoms with van der Waals surface area (Å²) in [6, 6.07) is 0. The maximum absolute atomic E-state index is 6.17. The van der Waals surface area contributed by atoms with Crippen molar-refractivity contribution in [3.05, 3.63) is 0 Å². The lowest BCUT2D eigenvalue weighted by molar-refractivity contribution is 0.345. The van der Waals surface area contributed by atoms with Gasteiger partial charge in [-0.05, 0) is 18.8 Å². The van der Waals surface area contributed by atoms with E-state index in [0.29, 0.717) is 5.92 Å². The first-order valence-corrected chi connectivity index (χ1v) is 21.2. The zero-order valence-electron chi connectivity index (χ0n) is 31.2. The highest BCUT2D eigenvalue weighted by atomic mass is 14.9. The fraction of sp³-hybridized carbons (Fsp3) is 1.00. The van der Waals surface area contributed by atoms with Gasteiger partial charge < -0.3 is 11.5 Å². The Morgan fingerprint density at radius 1 is 0.250 bits per heavy atom. The summed E-state index contributed by atoms with van der Waals surface area (Å²) in [5.74, 6) is 0.539. The Morgan fingerprint density at radius 3 is 0.568 bits per heavy atom.